The summed E-state index contributed by atoms with van der Waals surface area (Å²) in [6, 6.07) is 5.61. The van der Waals surface area contributed by atoms with Crippen molar-refractivity contribution < 1.29 is 13.9 Å². The Hall–Kier alpha value is -1.38. The predicted octanol–water partition coefficient (Wildman–Crippen LogP) is 6.15. The molecule has 0 unspecified atom stereocenters. The second kappa shape index (κ2) is 8.82. The van der Waals surface area contributed by atoms with Gasteiger partial charge in [-0.2, -0.15) is 0 Å². The maximum Gasteiger partial charge on any atom is 0.338 e. The third kappa shape index (κ3) is 5.05. The molecule has 2 aliphatic rings. The molecule has 0 heterocycles. The van der Waals surface area contributed by atoms with Gasteiger partial charge >= 0.3 is 5.97 Å². The van der Waals surface area contributed by atoms with Crippen molar-refractivity contribution in [2.45, 2.75) is 77.2 Å². The van der Waals surface area contributed by atoms with Crippen LogP contribution in [0, 0.1) is 23.6 Å². The smallest absolute Gasteiger partial charge is 0.338 e. The van der Waals surface area contributed by atoms with Gasteiger partial charge < -0.3 is 4.74 Å². The summed E-state index contributed by atoms with van der Waals surface area (Å²) in [5.74, 6) is 2.04. The van der Waals surface area contributed by atoms with Crippen LogP contribution in [0.15, 0.2) is 24.3 Å². The molecule has 0 amide bonds. The molecule has 2 nitrogen and oxygen atoms in total. The quantitative estimate of drug-likeness (QED) is 0.598. The Labute approximate surface area is 151 Å². The first-order chi connectivity index (χ1) is 12.2. The van der Waals surface area contributed by atoms with Crippen molar-refractivity contribution in [3.63, 3.8) is 0 Å². The van der Waals surface area contributed by atoms with Crippen molar-refractivity contribution in [1.29, 1.82) is 0 Å². The number of ether oxygens (including phenoxy) is 1. The van der Waals surface area contributed by atoms with Crippen molar-refractivity contribution in [3.8, 4) is 0 Å². The van der Waals surface area contributed by atoms with Gasteiger partial charge in [-0.3, -0.25) is 0 Å². The third-order valence-electron chi connectivity index (χ3n) is 6.33. The van der Waals surface area contributed by atoms with Gasteiger partial charge in [-0.05, 0) is 80.5 Å². The first-order valence-corrected chi connectivity index (χ1v) is 10.1. The minimum atomic E-state index is -0.328. The van der Waals surface area contributed by atoms with Crippen molar-refractivity contribution >= 4 is 5.97 Å². The molecule has 1 aromatic carbocycles. The summed E-state index contributed by atoms with van der Waals surface area (Å²) in [7, 11) is 0. The van der Waals surface area contributed by atoms with Crippen LogP contribution >= 0.6 is 0 Å². The molecule has 2 fully saturated rings. The molecule has 0 N–H and O–H groups in total. The lowest BCUT2D eigenvalue weighted by molar-refractivity contribution is 0.0109. The number of esters is 1. The summed E-state index contributed by atoms with van der Waals surface area (Å²) in [6.45, 7) is 2.29. The fraction of sp³-hybridized carbons (Fsp3) is 0.682. The van der Waals surface area contributed by atoms with Crippen molar-refractivity contribution in [2.75, 3.05) is 0 Å². The van der Waals surface area contributed by atoms with Crippen LogP contribution < -0.4 is 0 Å². The molecule has 25 heavy (non-hydrogen) atoms. The predicted molar refractivity (Wildman–Crippen MR) is 97.9 cm³/mol. The molecule has 138 valence electrons. The minimum absolute atomic E-state index is 0.0326. The minimum Gasteiger partial charge on any atom is -0.459 e. The monoisotopic (exact) mass is 346 g/mol. The second-order valence-electron chi connectivity index (χ2n) is 8.02. The normalized spacial score (nSPS) is 30.0. The molecule has 0 aliphatic heterocycles. The summed E-state index contributed by atoms with van der Waals surface area (Å²) < 4.78 is 18.6. The van der Waals surface area contributed by atoms with E-state index in [0.29, 0.717) is 5.56 Å². The molecule has 0 saturated heterocycles. The van der Waals surface area contributed by atoms with Crippen LogP contribution in [0.1, 0.15) is 81.5 Å². The first-order valence-electron chi connectivity index (χ1n) is 10.1. The van der Waals surface area contributed by atoms with E-state index in [9.17, 15) is 9.18 Å². The lowest BCUT2D eigenvalue weighted by atomic mass is 9.70. The topological polar surface area (TPSA) is 26.3 Å². The van der Waals surface area contributed by atoms with Crippen LogP contribution in [0.5, 0.6) is 0 Å². The fourth-order valence-electron chi connectivity index (χ4n) is 4.84. The van der Waals surface area contributed by atoms with Gasteiger partial charge in [0.1, 0.15) is 11.9 Å². The van der Waals surface area contributed by atoms with Crippen LogP contribution in [0.3, 0.4) is 0 Å². The van der Waals surface area contributed by atoms with Crippen molar-refractivity contribution in [1.82, 2.24) is 0 Å². The van der Waals surface area contributed by atoms with Crippen LogP contribution in [0.4, 0.5) is 4.39 Å². The van der Waals surface area contributed by atoms with E-state index in [1.54, 1.807) is 0 Å². The maximum absolute atomic E-state index is 12.9. The Balaban J connectivity index is 1.41. The third-order valence-corrected chi connectivity index (χ3v) is 6.33. The summed E-state index contributed by atoms with van der Waals surface area (Å²) in [6.07, 6.45) is 12.7. The van der Waals surface area contributed by atoms with E-state index in [1.165, 1.54) is 75.6 Å². The molecule has 0 aromatic heterocycles. The summed E-state index contributed by atoms with van der Waals surface area (Å²) >= 11 is 0. The highest BCUT2D eigenvalue weighted by Gasteiger charge is 2.31. The number of hydrogen-bond donors (Lipinski definition) is 0. The highest BCUT2D eigenvalue weighted by atomic mass is 19.1. The molecule has 0 spiro atoms. The molecule has 1 aromatic rings. The van der Waals surface area contributed by atoms with Gasteiger partial charge in [0.15, 0.2) is 0 Å². The van der Waals surface area contributed by atoms with E-state index in [1.807, 2.05) is 0 Å². The molecular formula is C22H31FO2. The summed E-state index contributed by atoms with van der Waals surface area (Å²) in [5.41, 5.74) is 0.442. The van der Waals surface area contributed by atoms with Gasteiger partial charge in [0.2, 0.25) is 0 Å². The van der Waals surface area contributed by atoms with Crippen LogP contribution in [0.25, 0.3) is 0 Å². The highest BCUT2D eigenvalue weighted by molar-refractivity contribution is 5.89. The van der Waals surface area contributed by atoms with E-state index >= 15 is 0 Å². The number of halogens is 1. The van der Waals surface area contributed by atoms with E-state index < -0.39 is 0 Å². The molecule has 3 heteroatoms. The molecule has 3 rings (SSSR count). The second-order valence-corrected chi connectivity index (χ2v) is 8.02. The maximum atomic E-state index is 12.9. The van der Waals surface area contributed by atoms with E-state index in [4.69, 9.17) is 4.74 Å². The van der Waals surface area contributed by atoms with Gasteiger partial charge in [0.25, 0.3) is 0 Å². The van der Waals surface area contributed by atoms with Gasteiger partial charge in [0, 0.05) is 0 Å². The molecule has 0 bridgehead atoms. The first kappa shape index (κ1) is 18.4. The van der Waals surface area contributed by atoms with Gasteiger partial charge in [0.05, 0.1) is 5.56 Å². The van der Waals surface area contributed by atoms with Crippen LogP contribution in [-0.4, -0.2) is 12.1 Å². The zero-order valence-electron chi connectivity index (χ0n) is 15.4. The molecule has 0 radical (unpaired) electrons. The van der Waals surface area contributed by atoms with Gasteiger partial charge in [-0.15, -0.1) is 0 Å². The van der Waals surface area contributed by atoms with E-state index in [0.717, 1.165) is 30.6 Å². The Morgan fingerprint density at radius 2 is 1.52 bits per heavy atom. The number of benzene rings is 1. The lowest BCUT2D eigenvalue weighted by Gasteiger charge is -2.37. The average molecular weight is 346 g/mol. The number of rotatable bonds is 5. The summed E-state index contributed by atoms with van der Waals surface area (Å²) in [4.78, 5) is 12.2. The molecule has 2 saturated carbocycles. The van der Waals surface area contributed by atoms with Crippen molar-refractivity contribution in [2.24, 2.45) is 17.8 Å². The zero-order chi connectivity index (χ0) is 17.6. The van der Waals surface area contributed by atoms with Crippen molar-refractivity contribution in [3.05, 3.63) is 35.6 Å². The number of hydrogen-bond acceptors (Lipinski definition) is 2. The van der Waals surface area contributed by atoms with Gasteiger partial charge in [-0.1, -0.05) is 32.6 Å². The Morgan fingerprint density at radius 3 is 2.08 bits per heavy atom. The van der Waals surface area contributed by atoms with E-state index in [-0.39, 0.29) is 17.9 Å². The number of carbonyl (C=O) groups is 1. The van der Waals surface area contributed by atoms with E-state index in [2.05, 4.69) is 6.92 Å². The van der Waals surface area contributed by atoms with Crippen LogP contribution in [-0.2, 0) is 4.74 Å². The molecular weight excluding hydrogens is 315 g/mol. The number of carbonyl (C=O) groups excluding carboxylic acids is 1. The lowest BCUT2D eigenvalue weighted by Crippen LogP contribution is -2.29. The average Bonchev–Trinajstić information content (AvgIpc) is 2.64. The standard InChI is InChI=1S/C22H31FO2/c1-2-3-16-4-6-17(7-5-16)18-10-14-21(15-11-18)25-22(24)19-8-12-20(23)13-9-19/h8-9,12-13,16-18,21H,2-7,10-11,14-15H2,1H3/t16-,17-,18?,21?. The Bertz CT molecular complexity index is 538. The largest absolute Gasteiger partial charge is 0.459 e. The summed E-state index contributed by atoms with van der Waals surface area (Å²) in [5, 5.41) is 0. The molecule has 0 atom stereocenters. The Morgan fingerprint density at radius 1 is 0.960 bits per heavy atom. The SMILES string of the molecule is CCC[C@H]1CC[C@H](C2CCC(OC(=O)c3ccc(F)cc3)CC2)CC1. The van der Waals surface area contributed by atoms with Gasteiger partial charge in [-0.25, -0.2) is 9.18 Å². The fourth-order valence-corrected chi connectivity index (χ4v) is 4.84. The zero-order valence-corrected chi connectivity index (χ0v) is 15.4. The van der Waals surface area contributed by atoms with Crippen LogP contribution in [0.2, 0.25) is 0 Å². The Kier molecular flexibility index (Phi) is 6.50. The highest BCUT2D eigenvalue weighted by Crippen LogP contribution is 2.41. The molecule has 2 aliphatic carbocycles.